The van der Waals surface area contributed by atoms with Crippen LogP contribution in [0.2, 0.25) is 0 Å². The number of benzene rings is 2. The molecule has 0 saturated carbocycles. The molecule has 2 aliphatic heterocycles. The van der Waals surface area contributed by atoms with Crippen LogP contribution in [-0.2, 0) is 14.3 Å². The third kappa shape index (κ3) is 4.30. The maximum Gasteiger partial charge on any atom is 0.254 e. The second-order valence-corrected chi connectivity index (χ2v) is 7.21. The molecule has 2 atom stereocenters. The minimum Gasteiger partial charge on any atom is -0.370 e. The zero-order chi connectivity index (χ0) is 20.2. The van der Waals surface area contributed by atoms with Gasteiger partial charge < -0.3 is 20.3 Å². The summed E-state index contributed by atoms with van der Waals surface area (Å²) in [6.45, 7) is 1.48. The molecular formula is C22H23N3O4. The Bertz CT molecular complexity index is 915. The van der Waals surface area contributed by atoms with Gasteiger partial charge in [-0.15, -0.1) is 0 Å². The molecule has 3 amide bonds. The highest BCUT2D eigenvalue weighted by Crippen LogP contribution is 2.23. The first-order valence-corrected chi connectivity index (χ1v) is 9.77. The Morgan fingerprint density at radius 2 is 1.83 bits per heavy atom. The van der Waals surface area contributed by atoms with Gasteiger partial charge in [-0.1, -0.05) is 42.5 Å². The van der Waals surface area contributed by atoms with Gasteiger partial charge in [0.15, 0.2) is 0 Å². The van der Waals surface area contributed by atoms with Crippen LogP contribution in [0.3, 0.4) is 0 Å². The Morgan fingerprint density at radius 3 is 2.66 bits per heavy atom. The highest BCUT2D eigenvalue weighted by Gasteiger charge is 2.30. The molecule has 2 aliphatic rings. The minimum atomic E-state index is -0.746. The molecule has 0 spiro atoms. The summed E-state index contributed by atoms with van der Waals surface area (Å²) >= 11 is 0. The lowest BCUT2D eigenvalue weighted by molar-refractivity contribution is -0.139. The van der Waals surface area contributed by atoms with E-state index < -0.39 is 6.04 Å². The van der Waals surface area contributed by atoms with Crippen molar-refractivity contribution in [2.75, 3.05) is 25.0 Å². The predicted molar refractivity (Wildman–Crippen MR) is 107 cm³/mol. The van der Waals surface area contributed by atoms with Crippen LogP contribution >= 0.6 is 0 Å². The van der Waals surface area contributed by atoms with Crippen molar-refractivity contribution in [1.82, 2.24) is 10.2 Å². The van der Waals surface area contributed by atoms with Crippen LogP contribution in [0.25, 0.3) is 0 Å². The van der Waals surface area contributed by atoms with Crippen LogP contribution in [0.15, 0.2) is 54.6 Å². The van der Waals surface area contributed by atoms with Crippen molar-refractivity contribution in [2.45, 2.75) is 25.0 Å². The summed E-state index contributed by atoms with van der Waals surface area (Å²) in [6, 6.07) is 15.9. The van der Waals surface area contributed by atoms with Gasteiger partial charge in [0.05, 0.1) is 24.4 Å². The lowest BCUT2D eigenvalue weighted by atomic mass is 10.1. The smallest absolute Gasteiger partial charge is 0.254 e. The van der Waals surface area contributed by atoms with Crippen molar-refractivity contribution < 1.29 is 19.1 Å². The minimum absolute atomic E-state index is 0.0435. The largest absolute Gasteiger partial charge is 0.370 e. The van der Waals surface area contributed by atoms with E-state index in [0.29, 0.717) is 30.9 Å². The molecule has 150 valence electrons. The monoisotopic (exact) mass is 393 g/mol. The van der Waals surface area contributed by atoms with Crippen LogP contribution < -0.4 is 10.6 Å². The maximum absolute atomic E-state index is 12.7. The fourth-order valence-electron chi connectivity index (χ4n) is 3.69. The normalized spacial score (nSPS) is 21.6. The molecule has 2 N–H and O–H groups in total. The van der Waals surface area contributed by atoms with E-state index in [-0.39, 0.29) is 36.7 Å². The van der Waals surface area contributed by atoms with Gasteiger partial charge in [0.1, 0.15) is 12.1 Å². The van der Waals surface area contributed by atoms with E-state index in [1.807, 2.05) is 30.3 Å². The number of amides is 3. The topological polar surface area (TPSA) is 87.7 Å². The third-order valence-corrected chi connectivity index (χ3v) is 5.29. The molecule has 2 aromatic rings. The van der Waals surface area contributed by atoms with E-state index in [1.54, 1.807) is 29.2 Å². The van der Waals surface area contributed by atoms with Gasteiger partial charge in [-0.2, -0.15) is 0 Å². The Labute approximate surface area is 169 Å². The number of rotatable bonds is 4. The van der Waals surface area contributed by atoms with Crippen molar-refractivity contribution in [3.63, 3.8) is 0 Å². The molecule has 2 heterocycles. The van der Waals surface area contributed by atoms with Crippen LogP contribution in [0.4, 0.5) is 5.69 Å². The van der Waals surface area contributed by atoms with Crippen molar-refractivity contribution in [3.05, 3.63) is 65.7 Å². The van der Waals surface area contributed by atoms with Crippen molar-refractivity contribution >= 4 is 23.4 Å². The summed E-state index contributed by atoms with van der Waals surface area (Å²) in [4.78, 5) is 39.4. The average Bonchev–Trinajstić information content (AvgIpc) is 2.88. The van der Waals surface area contributed by atoms with Crippen molar-refractivity contribution in [1.29, 1.82) is 0 Å². The zero-order valence-electron chi connectivity index (χ0n) is 16.0. The number of ether oxygens (including phenoxy) is 1. The number of fused-ring (bicyclic) bond motifs is 1. The number of hydrogen-bond donors (Lipinski definition) is 2. The number of nitrogens with zero attached hydrogens (tertiary/aromatic N) is 1. The van der Waals surface area contributed by atoms with E-state index in [2.05, 4.69) is 10.6 Å². The molecule has 1 fully saturated rings. The molecule has 2 aromatic carbocycles. The second kappa shape index (κ2) is 8.45. The molecule has 4 rings (SSSR count). The summed E-state index contributed by atoms with van der Waals surface area (Å²) in [5, 5.41) is 5.50. The standard InChI is InChI=1S/C22H23N3O4/c26-20(25-12-13-29-19(14-25)15-6-2-1-3-7-15)11-10-18-22(28)23-17-9-5-4-8-16(17)21(27)24-18/h1-9,18-19H,10-14H2,(H,23,28)(H,24,27)/t18-,19+/m0/s1. The summed E-state index contributed by atoms with van der Waals surface area (Å²) < 4.78 is 5.81. The Balaban J connectivity index is 1.36. The Hall–Kier alpha value is -3.19. The van der Waals surface area contributed by atoms with Gasteiger partial charge >= 0.3 is 0 Å². The first kappa shape index (κ1) is 19.1. The molecule has 0 bridgehead atoms. The second-order valence-electron chi connectivity index (χ2n) is 7.21. The van der Waals surface area contributed by atoms with Crippen molar-refractivity contribution in [2.24, 2.45) is 0 Å². The van der Waals surface area contributed by atoms with Gasteiger partial charge in [-0.25, -0.2) is 0 Å². The highest BCUT2D eigenvalue weighted by atomic mass is 16.5. The molecule has 0 unspecified atom stereocenters. The summed E-state index contributed by atoms with van der Waals surface area (Å²) in [6.07, 6.45) is 0.276. The fourth-order valence-corrected chi connectivity index (χ4v) is 3.69. The zero-order valence-corrected chi connectivity index (χ0v) is 16.0. The van der Waals surface area contributed by atoms with Gasteiger partial charge in [-0.05, 0) is 24.1 Å². The van der Waals surface area contributed by atoms with Crippen LogP contribution in [0.1, 0.15) is 34.9 Å². The molecule has 0 radical (unpaired) electrons. The SMILES string of the molecule is O=C1N[C@@H](CCC(=O)N2CCO[C@@H](c3ccccc3)C2)C(=O)Nc2ccccc21. The van der Waals surface area contributed by atoms with Gasteiger partial charge in [0, 0.05) is 13.0 Å². The van der Waals surface area contributed by atoms with E-state index >= 15 is 0 Å². The third-order valence-electron chi connectivity index (χ3n) is 5.29. The van der Waals surface area contributed by atoms with Crippen molar-refractivity contribution in [3.8, 4) is 0 Å². The number of hydrogen-bond acceptors (Lipinski definition) is 4. The number of anilines is 1. The number of morpholine rings is 1. The van der Waals surface area contributed by atoms with Crippen LogP contribution in [-0.4, -0.2) is 48.4 Å². The molecule has 0 aliphatic carbocycles. The molecule has 1 saturated heterocycles. The van der Waals surface area contributed by atoms with E-state index in [0.717, 1.165) is 5.56 Å². The first-order chi connectivity index (χ1) is 14.1. The van der Waals surface area contributed by atoms with Gasteiger partial charge in [0.2, 0.25) is 11.8 Å². The van der Waals surface area contributed by atoms with Gasteiger partial charge in [-0.3, -0.25) is 14.4 Å². The molecular weight excluding hydrogens is 370 g/mol. The number of nitrogens with one attached hydrogen (secondary N) is 2. The van der Waals surface area contributed by atoms with Gasteiger partial charge in [0.25, 0.3) is 5.91 Å². The number of para-hydroxylation sites is 1. The number of carbonyl (C=O) groups is 3. The van der Waals surface area contributed by atoms with E-state index in [1.165, 1.54) is 0 Å². The molecule has 7 nitrogen and oxygen atoms in total. The average molecular weight is 393 g/mol. The lowest BCUT2D eigenvalue weighted by Gasteiger charge is -2.33. The Morgan fingerprint density at radius 1 is 1.07 bits per heavy atom. The summed E-state index contributed by atoms with van der Waals surface area (Å²) in [7, 11) is 0. The molecule has 0 aromatic heterocycles. The quantitative estimate of drug-likeness (QED) is 0.833. The van der Waals surface area contributed by atoms with Crippen LogP contribution in [0, 0.1) is 0 Å². The molecule has 7 heteroatoms. The summed E-state index contributed by atoms with van der Waals surface area (Å²) in [5.41, 5.74) is 1.95. The van der Waals surface area contributed by atoms with E-state index in [4.69, 9.17) is 4.74 Å². The first-order valence-electron chi connectivity index (χ1n) is 9.77. The number of carbonyl (C=O) groups excluding carboxylic acids is 3. The summed E-state index contributed by atoms with van der Waals surface area (Å²) in [5.74, 6) is -0.662. The van der Waals surface area contributed by atoms with E-state index in [9.17, 15) is 14.4 Å². The fraction of sp³-hybridized carbons (Fsp3) is 0.318. The highest BCUT2D eigenvalue weighted by molar-refractivity contribution is 6.09. The molecule has 29 heavy (non-hydrogen) atoms. The Kier molecular flexibility index (Phi) is 5.57. The lowest BCUT2D eigenvalue weighted by Crippen LogP contribution is -2.44. The predicted octanol–water partition coefficient (Wildman–Crippen LogP) is 2.12. The van der Waals surface area contributed by atoms with Crippen LogP contribution in [0.5, 0.6) is 0 Å². The maximum atomic E-state index is 12.7.